The van der Waals surface area contributed by atoms with Gasteiger partial charge in [0.15, 0.2) is 0 Å². The van der Waals surface area contributed by atoms with Gasteiger partial charge in [-0.05, 0) is 56.4 Å². The lowest BCUT2D eigenvalue weighted by Crippen LogP contribution is -2.46. The van der Waals surface area contributed by atoms with Gasteiger partial charge < -0.3 is 15.3 Å². The molecule has 1 aromatic rings. The molecule has 2 N–H and O–H groups in total. The maximum absolute atomic E-state index is 12.8. The standard InChI is InChI=1S/C19H24N2O4S/c1-11-3-6-15(7-12(11)2)20-17(22)16-9-26-10-21(16)18(23)13-4-5-14(8-13)19(24)25/h3,6-7,13-14,16H,4-5,8-10H2,1-2H3,(H,20,22)(H,24,25)/t13-,14+,16?/m1/s1. The van der Waals surface area contributed by atoms with Gasteiger partial charge in [-0.15, -0.1) is 11.8 Å². The highest BCUT2D eigenvalue weighted by atomic mass is 32.2. The fourth-order valence-corrected chi connectivity index (χ4v) is 4.75. The Bertz CT molecular complexity index is 736. The summed E-state index contributed by atoms with van der Waals surface area (Å²) in [5, 5.41) is 12.0. The Morgan fingerprint density at radius 2 is 1.88 bits per heavy atom. The van der Waals surface area contributed by atoms with Gasteiger partial charge >= 0.3 is 5.97 Å². The largest absolute Gasteiger partial charge is 0.481 e. The quantitative estimate of drug-likeness (QED) is 0.844. The Hall–Kier alpha value is -2.02. The van der Waals surface area contributed by atoms with Gasteiger partial charge in [0.1, 0.15) is 6.04 Å². The smallest absolute Gasteiger partial charge is 0.306 e. The van der Waals surface area contributed by atoms with Crippen molar-refractivity contribution in [2.24, 2.45) is 11.8 Å². The molecule has 0 bridgehead atoms. The maximum atomic E-state index is 12.8. The molecule has 1 aliphatic carbocycles. The number of anilines is 1. The number of benzene rings is 1. The Balaban J connectivity index is 1.65. The number of amides is 2. The summed E-state index contributed by atoms with van der Waals surface area (Å²) in [5.41, 5.74) is 2.99. The van der Waals surface area contributed by atoms with E-state index in [9.17, 15) is 14.4 Å². The van der Waals surface area contributed by atoms with Gasteiger partial charge in [0.2, 0.25) is 11.8 Å². The minimum Gasteiger partial charge on any atom is -0.481 e. The van der Waals surface area contributed by atoms with Crippen LogP contribution in [-0.2, 0) is 14.4 Å². The van der Waals surface area contributed by atoms with Crippen LogP contribution in [0.25, 0.3) is 0 Å². The van der Waals surface area contributed by atoms with E-state index in [2.05, 4.69) is 5.32 Å². The van der Waals surface area contributed by atoms with Crippen molar-refractivity contribution in [1.29, 1.82) is 0 Å². The molecule has 2 fully saturated rings. The number of nitrogens with zero attached hydrogens (tertiary/aromatic N) is 1. The van der Waals surface area contributed by atoms with E-state index in [1.54, 1.807) is 16.7 Å². The zero-order chi connectivity index (χ0) is 18.8. The summed E-state index contributed by atoms with van der Waals surface area (Å²) in [6.07, 6.45) is 1.50. The zero-order valence-corrected chi connectivity index (χ0v) is 15.8. The summed E-state index contributed by atoms with van der Waals surface area (Å²) in [7, 11) is 0. The third-order valence-corrected chi connectivity index (χ3v) is 6.39. The maximum Gasteiger partial charge on any atom is 0.306 e. The van der Waals surface area contributed by atoms with Crippen molar-refractivity contribution in [1.82, 2.24) is 4.90 Å². The van der Waals surface area contributed by atoms with E-state index in [1.165, 1.54) is 0 Å². The molecule has 140 valence electrons. The van der Waals surface area contributed by atoms with Crippen LogP contribution in [0.3, 0.4) is 0 Å². The van der Waals surface area contributed by atoms with Crippen molar-refractivity contribution in [2.45, 2.75) is 39.2 Å². The lowest BCUT2D eigenvalue weighted by atomic mass is 10.0. The van der Waals surface area contributed by atoms with Gasteiger partial charge in [0, 0.05) is 17.4 Å². The van der Waals surface area contributed by atoms with Crippen LogP contribution in [0.1, 0.15) is 30.4 Å². The normalized spacial score (nSPS) is 25.3. The van der Waals surface area contributed by atoms with Crippen LogP contribution in [0.15, 0.2) is 18.2 Å². The van der Waals surface area contributed by atoms with Gasteiger partial charge in [-0.1, -0.05) is 6.07 Å². The SMILES string of the molecule is Cc1ccc(NC(=O)C2CSCN2C(=O)[C@@H]2CC[C@H](C(=O)O)C2)cc1C. The van der Waals surface area contributed by atoms with Crippen LogP contribution in [0.5, 0.6) is 0 Å². The van der Waals surface area contributed by atoms with Crippen molar-refractivity contribution in [2.75, 3.05) is 16.9 Å². The number of nitrogens with one attached hydrogen (secondary N) is 1. The van der Waals surface area contributed by atoms with Gasteiger partial charge in [-0.3, -0.25) is 14.4 Å². The van der Waals surface area contributed by atoms with E-state index in [-0.39, 0.29) is 17.7 Å². The first-order valence-electron chi connectivity index (χ1n) is 8.86. The molecule has 1 saturated heterocycles. The number of aryl methyl sites for hydroxylation is 2. The fourth-order valence-electron chi connectivity index (χ4n) is 3.59. The second kappa shape index (κ2) is 7.70. The molecule has 0 radical (unpaired) electrons. The van der Waals surface area contributed by atoms with Crippen LogP contribution in [0, 0.1) is 25.7 Å². The molecule has 0 aromatic heterocycles. The summed E-state index contributed by atoms with van der Waals surface area (Å²) >= 11 is 1.56. The van der Waals surface area contributed by atoms with E-state index >= 15 is 0 Å². The van der Waals surface area contributed by atoms with Crippen LogP contribution >= 0.6 is 11.8 Å². The van der Waals surface area contributed by atoms with E-state index in [0.717, 1.165) is 16.8 Å². The number of hydrogen-bond acceptors (Lipinski definition) is 4. The third-order valence-electron chi connectivity index (χ3n) is 5.37. The summed E-state index contributed by atoms with van der Waals surface area (Å²) in [4.78, 5) is 38.3. The van der Waals surface area contributed by atoms with Crippen molar-refractivity contribution in [3.8, 4) is 0 Å². The first-order valence-corrected chi connectivity index (χ1v) is 10.0. The summed E-state index contributed by atoms with van der Waals surface area (Å²) in [5.74, 6) is -0.775. The molecule has 2 amide bonds. The molecule has 1 aromatic carbocycles. The van der Waals surface area contributed by atoms with Crippen molar-refractivity contribution in [3.05, 3.63) is 29.3 Å². The number of hydrogen-bond donors (Lipinski definition) is 2. The van der Waals surface area contributed by atoms with Crippen LogP contribution in [0.2, 0.25) is 0 Å². The Kier molecular flexibility index (Phi) is 5.55. The molecular weight excluding hydrogens is 352 g/mol. The topological polar surface area (TPSA) is 86.7 Å². The van der Waals surface area contributed by atoms with E-state index in [1.807, 2.05) is 32.0 Å². The van der Waals surface area contributed by atoms with Crippen LogP contribution in [-0.4, -0.2) is 45.5 Å². The molecule has 6 nitrogen and oxygen atoms in total. The highest BCUT2D eigenvalue weighted by Crippen LogP contribution is 2.35. The lowest BCUT2D eigenvalue weighted by Gasteiger charge is -2.26. The monoisotopic (exact) mass is 376 g/mol. The molecule has 1 heterocycles. The van der Waals surface area contributed by atoms with Crippen LogP contribution in [0.4, 0.5) is 5.69 Å². The zero-order valence-electron chi connectivity index (χ0n) is 15.0. The first-order chi connectivity index (χ1) is 12.4. The number of carboxylic acids is 1. The predicted molar refractivity (Wildman–Crippen MR) is 101 cm³/mol. The molecule has 2 aliphatic rings. The average Bonchev–Trinajstić information content (AvgIpc) is 3.26. The molecule has 1 saturated carbocycles. The number of carbonyl (C=O) groups excluding carboxylic acids is 2. The van der Waals surface area contributed by atoms with E-state index < -0.39 is 17.9 Å². The molecule has 1 unspecified atom stereocenters. The number of carboxylic acid groups (broad SMARTS) is 1. The van der Waals surface area contributed by atoms with E-state index in [0.29, 0.717) is 30.9 Å². The van der Waals surface area contributed by atoms with Crippen molar-refractivity contribution >= 4 is 35.2 Å². The van der Waals surface area contributed by atoms with Gasteiger partial charge in [0.25, 0.3) is 0 Å². The summed E-state index contributed by atoms with van der Waals surface area (Å²) < 4.78 is 0. The molecule has 3 rings (SSSR count). The fraction of sp³-hybridized carbons (Fsp3) is 0.526. The lowest BCUT2D eigenvalue weighted by molar-refractivity contribution is -0.142. The minimum atomic E-state index is -0.833. The van der Waals surface area contributed by atoms with Gasteiger partial charge in [-0.2, -0.15) is 0 Å². The molecule has 0 spiro atoms. The molecule has 1 aliphatic heterocycles. The minimum absolute atomic E-state index is 0.0843. The van der Waals surface area contributed by atoms with Crippen LogP contribution < -0.4 is 5.32 Å². The number of rotatable bonds is 4. The third kappa shape index (κ3) is 3.87. The molecule has 3 atom stereocenters. The van der Waals surface area contributed by atoms with E-state index in [4.69, 9.17) is 5.11 Å². The number of carbonyl (C=O) groups is 3. The first kappa shape index (κ1) is 18.8. The number of thioether (sulfide) groups is 1. The molecular formula is C19H24N2O4S. The second-order valence-corrected chi connectivity index (χ2v) is 8.16. The number of aliphatic carboxylic acids is 1. The molecule has 26 heavy (non-hydrogen) atoms. The average molecular weight is 376 g/mol. The van der Waals surface area contributed by atoms with Crippen molar-refractivity contribution < 1.29 is 19.5 Å². The molecule has 7 heteroatoms. The Morgan fingerprint density at radius 3 is 2.54 bits per heavy atom. The highest BCUT2D eigenvalue weighted by Gasteiger charge is 2.41. The predicted octanol–water partition coefficient (Wildman–Crippen LogP) is 2.64. The van der Waals surface area contributed by atoms with Crippen molar-refractivity contribution in [3.63, 3.8) is 0 Å². The second-order valence-electron chi connectivity index (χ2n) is 7.16. The Labute approximate surface area is 157 Å². The highest BCUT2D eigenvalue weighted by molar-refractivity contribution is 7.99. The summed E-state index contributed by atoms with van der Waals surface area (Å²) in [6.45, 7) is 4.01. The summed E-state index contributed by atoms with van der Waals surface area (Å²) in [6, 6.07) is 5.25. The van der Waals surface area contributed by atoms with Gasteiger partial charge in [0.05, 0.1) is 11.8 Å². The Morgan fingerprint density at radius 1 is 1.15 bits per heavy atom. The van der Waals surface area contributed by atoms with Gasteiger partial charge in [-0.25, -0.2) is 0 Å².